The van der Waals surface area contributed by atoms with E-state index in [2.05, 4.69) is 52.9 Å². The Bertz CT molecular complexity index is 455. The zero-order valence-electron chi connectivity index (χ0n) is 13.8. The molecule has 1 fully saturated rings. The predicted molar refractivity (Wildman–Crippen MR) is 85.3 cm³/mol. The smallest absolute Gasteiger partial charge is 0.0594 e. The molecular formula is C18H29NO. The third kappa shape index (κ3) is 2.77. The second kappa shape index (κ2) is 6.28. The molecule has 0 aromatic heterocycles. The van der Waals surface area contributed by atoms with Gasteiger partial charge in [-0.25, -0.2) is 0 Å². The fraction of sp³-hybridized carbons (Fsp3) is 0.667. The van der Waals surface area contributed by atoms with Crippen LogP contribution in [0.3, 0.4) is 0 Å². The van der Waals surface area contributed by atoms with Crippen LogP contribution in [0.5, 0.6) is 0 Å². The molecule has 20 heavy (non-hydrogen) atoms. The molecule has 2 nitrogen and oxygen atoms in total. The molecular weight excluding hydrogens is 246 g/mol. The molecule has 1 aromatic carbocycles. The maximum Gasteiger partial charge on any atom is 0.0594 e. The molecule has 1 saturated heterocycles. The van der Waals surface area contributed by atoms with Gasteiger partial charge in [0.2, 0.25) is 0 Å². The summed E-state index contributed by atoms with van der Waals surface area (Å²) in [4.78, 5) is 0. The Kier molecular flexibility index (Phi) is 4.87. The first-order valence-electron chi connectivity index (χ1n) is 7.89. The minimum atomic E-state index is 0.346. The van der Waals surface area contributed by atoms with Crippen molar-refractivity contribution in [2.24, 2.45) is 5.92 Å². The molecule has 0 aliphatic carbocycles. The molecule has 0 saturated carbocycles. The Morgan fingerprint density at radius 2 is 1.80 bits per heavy atom. The van der Waals surface area contributed by atoms with Crippen molar-refractivity contribution in [1.82, 2.24) is 5.32 Å². The first kappa shape index (κ1) is 15.5. The molecule has 3 unspecified atom stereocenters. The van der Waals surface area contributed by atoms with Crippen molar-refractivity contribution >= 4 is 0 Å². The van der Waals surface area contributed by atoms with Gasteiger partial charge < -0.3 is 10.1 Å². The number of nitrogens with one attached hydrogen (secondary N) is 1. The van der Waals surface area contributed by atoms with E-state index in [1.807, 2.05) is 0 Å². The van der Waals surface area contributed by atoms with Gasteiger partial charge in [-0.3, -0.25) is 0 Å². The van der Waals surface area contributed by atoms with E-state index in [0.717, 1.165) is 19.6 Å². The van der Waals surface area contributed by atoms with Crippen molar-refractivity contribution in [3.63, 3.8) is 0 Å². The zero-order valence-corrected chi connectivity index (χ0v) is 13.8. The molecule has 0 spiro atoms. The topological polar surface area (TPSA) is 21.3 Å². The number of hydrogen-bond donors (Lipinski definition) is 1. The summed E-state index contributed by atoms with van der Waals surface area (Å²) in [7, 11) is 0. The first-order valence-corrected chi connectivity index (χ1v) is 7.89. The van der Waals surface area contributed by atoms with Crippen LogP contribution in [0.2, 0.25) is 0 Å². The molecule has 0 amide bonds. The van der Waals surface area contributed by atoms with E-state index in [1.165, 1.54) is 27.8 Å². The lowest BCUT2D eigenvalue weighted by molar-refractivity contribution is 0.0954. The molecule has 1 aromatic rings. The quantitative estimate of drug-likeness (QED) is 0.897. The van der Waals surface area contributed by atoms with Gasteiger partial charge in [-0.15, -0.1) is 0 Å². The molecule has 1 aliphatic rings. The zero-order chi connectivity index (χ0) is 14.9. The summed E-state index contributed by atoms with van der Waals surface area (Å²) < 4.78 is 5.81. The fourth-order valence-electron chi connectivity index (χ4n) is 3.59. The summed E-state index contributed by atoms with van der Waals surface area (Å²) in [5.74, 6) is 0.577. The Morgan fingerprint density at radius 3 is 2.25 bits per heavy atom. The molecule has 3 atom stereocenters. The SMILES string of the molecule is CCNC(c1c(C)c(C)cc(C)c1C)C1CCOC1C. The van der Waals surface area contributed by atoms with Crippen LogP contribution in [-0.4, -0.2) is 19.3 Å². The molecule has 0 radical (unpaired) electrons. The van der Waals surface area contributed by atoms with E-state index in [0.29, 0.717) is 18.1 Å². The second-order valence-corrected chi connectivity index (χ2v) is 6.24. The van der Waals surface area contributed by atoms with Crippen molar-refractivity contribution in [3.05, 3.63) is 33.9 Å². The lowest BCUT2D eigenvalue weighted by atomic mass is 9.81. The molecule has 112 valence electrons. The van der Waals surface area contributed by atoms with Gasteiger partial charge in [0, 0.05) is 18.6 Å². The van der Waals surface area contributed by atoms with Crippen molar-refractivity contribution in [1.29, 1.82) is 0 Å². The van der Waals surface area contributed by atoms with Crippen molar-refractivity contribution < 1.29 is 4.74 Å². The van der Waals surface area contributed by atoms with E-state index in [4.69, 9.17) is 4.74 Å². The highest BCUT2D eigenvalue weighted by Gasteiger charge is 2.34. The molecule has 1 N–H and O–H groups in total. The van der Waals surface area contributed by atoms with E-state index in [-0.39, 0.29) is 0 Å². The Hall–Kier alpha value is -0.860. The summed E-state index contributed by atoms with van der Waals surface area (Å²) in [6.45, 7) is 15.3. The highest BCUT2D eigenvalue weighted by molar-refractivity contribution is 5.46. The Labute approximate surface area is 123 Å². The van der Waals surface area contributed by atoms with Crippen molar-refractivity contribution in [2.45, 2.75) is 60.1 Å². The summed E-state index contributed by atoms with van der Waals surface area (Å²) in [5.41, 5.74) is 7.19. The van der Waals surface area contributed by atoms with Gasteiger partial charge in [-0.1, -0.05) is 13.0 Å². The lowest BCUT2D eigenvalue weighted by Crippen LogP contribution is -2.33. The van der Waals surface area contributed by atoms with Crippen LogP contribution in [0.15, 0.2) is 6.07 Å². The van der Waals surface area contributed by atoms with Gasteiger partial charge in [0.25, 0.3) is 0 Å². The lowest BCUT2D eigenvalue weighted by Gasteiger charge is -2.31. The minimum Gasteiger partial charge on any atom is -0.378 e. The van der Waals surface area contributed by atoms with Crippen LogP contribution < -0.4 is 5.32 Å². The summed E-state index contributed by atoms with van der Waals surface area (Å²) in [5, 5.41) is 3.73. The van der Waals surface area contributed by atoms with Gasteiger partial charge in [0.1, 0.15) is 0 Å². The first-order chi connectivity index (χ1) is 9.47. The molecule has 2 heteroatoms. The maximum absolute atomic E-state index is 5.81. The highest BCUT2D eigenvalue weighted by Crippen LogP contribution is 2.37. The van der Waals surface area contributed by atoms with E-state index >= 15 is 0 Å². The van der Waals surface area contributed by atoms with Gasteiger partial charge >= 0.3 is 0 Å². The van der Waals surface area contributed by atoms with Crippen molar-refractivity contribution in [2.75, 3.05) is 13.2 Å². The monoisotopic (exact) mass is 275 g/mol. The average molecular weight is 275 g/mol. The Morgan fingerprint density at radius 1 is 1.20 bits per heavy atom. The summed E-state index contributed by atoms with van der Waals surface area (Å²) in [6.07, 6.45) is 1.50. The van der Waals surface area contributed by atoms with Crippen LogP contribution in [0, 0.1) is 33.6 Å². The summed E-state index contributed by atoms with van der Waals surface area (Å²) >= 11 is 0. The van der Waals surface area contributed by atoms with E-state index < -0.39 is 0 Å². The van der Waals surface area contributed by atoms with Gasteiger partial charge in [0.15, 0.2) is 0 Å². The van der Waals surface area contributed by atoms with Gasteiger partial charge in [0.05, 0.1) is 6.10 Å². The Balaban J connectivity index is 2.49. The molecule has 2 rings (SSSR count). The average Bonchev–Trinajstić information content (AvgIpc) is 2.82. The predicted octanol–water partition coefficient (Wildman–Crippen LogP) is 4.00. The normalized spacial score (nSPS) is 24.1. The maximum atomic E-state index is 5.81. The number of benzene rings is 1. The third-order valence-corrected chi connectivity index (χ3v) is 5.02. The van der Waals surface area contributed by atoms with Crippen LogP contribution >= 0.6 is 0 Å². The molecule has 1 aliphatic heterocycles. The standard InChI is InChI=1S/C18H29NO/c1-7-19-18(16-8-9-20-15(16)6)17-13(4)11(2)10-12(3)14(17)5/h10,15-16,18-19H,7-9H2,1-6H3. The van der Waals surface area contributed by atoms with E-state index in [9.17, 15) is 0 Å². The third-order valence-electron chi connectivity index (χ3n) is 5.02. The van der Waals surface area contributed by atoms with Crippen molar-refractivity contribution in [3.8, 4) is 0 Å². The summed E-state index contributed by atoms with van der Waals surface area (Å²) in [6, 6.07) is 2.72. The number of aryl methyl sites for hydroxylation is 2. The van der Waals surface area contributed by atoms with Gasteiger partial charge in [-0.05, 0) is 75.4 Å². The number of ether oxygens (including phenoxy) is 1. The van der Waals surface area contributed by atoms with Crippen LogP contribution in [-0.2, 0) is 4.74 Å². The van der Waals surface area contributed by atoms with E-state index in [1.54, 1.807) is 0 Å². The fourth-order valence-corrected chi connectivity index (χ4v) is 3.59. The number of hydrogen-bond acceptors (Lipinski definition) is 2. The van der Waals surface area contributed by atoms with Crippen LogP contribution in [0.25, 0.3) is 0 Å². The molecule has 0 bridgehead atoms. The van der Waals surface area contributed by atoms with Gasteiger partial charge in [-0.2, -0.15) is 0 Å². The van der Waals surface area contributed by atoms with Crippen LogP contribution in [0.4, 0.5) is 0 Å². The second-order valence-electron chi connectivity index (χ2n) is 6.24. The molecule has 1 heterocycles. The largest absolute Gasteiger partial charge is 0.378 e. The minimum absolute atomic E-state index is 0.346. The van der Waals surface area contributed by atoms with Crippen LogP contribution in [0.1, 0.15) is 54.1 Å². The number of rotatable bonds is 4. The highest BCUT2D eigenvalue weighted by atomic mass is 16.5.